The van der Waals surface area contributed by atoms with Gasteiger partial charge in [0.1, 0.15) is 5.82 Å². The van der Waals surface area contributed by atoms with E-state index in [1.165, 1.54) is 6.07 Å². The van der Waals surface area contributed by atoms with Crippen molar-refractivity contribution in [3.63, 3.8) is 0 Å². The number of rotatable bonds is 5. The van der Waals surface area contributed by atoms with Gasteiger partial charge in [0, 0.05) is 29.9 Å². The van der Waals surface area contributed by atoms with Crippen molar-refractivity contribution in [2.75, 3.05) is 0 Å². The van der Waals surface area contributed by atoms with Crippen LogP contribution in [0.2, 0.25) is 0 Å². The van der Waals surface area contributed by atoms with Crippen LogP contribution in [0.25, 0.3) is 5.69 Å². The summed E-state index contributed by atoms with van der Waals surface area (Å²) in [5.74, 6) is -0.330. The van der Waals surface area contributed by atoms with Crippen LogP contribution in [0.5, 0.6) is 0 Å². The summed E-state index contributed by atoms with van der Waals surface area (Å²) in [5.41, 5.74) is 4.23. The molecule has 0 fully saturated rings. The molecule has 3 rings (SSSR count). The van der Waals surface area contributed by atoms with Gasteiger partial charge < -0.3 is 10.6 Å². The van der Waals surface area contributed by atoms with Gasteiger partial charge in [-0.1, -0.05) is 36.4 Å². The zero-order chi connectivity index (χ0) is 18.5. The monoisotopic (exact) mass is 352 g/mol. The zero-order valence-electron chi connectivity index (χ0n) is 14.8. The largest absolute Gasteiger partial charge is 0.334 e. The lowest BCUT2D eigenvalue weighted by Crippen LogP contribution is -2.35. The lowest BCUT2D eigenvalue weighted by molar-refractivity contribution is 0.240. The third-order valence-electron chi connectivity index (χ3n) is 4.26. The number of nitrogens with one attached hydrogen (secondary N) is 2. The molecule has 0 aliphatic rings. The van der Waals surface area contributed by atoms with Gasteiger partial charge in [-0.25, -0.2) is 13.9 Å². The third-order valence-corrected chi connectivity index (χ3v) is 4.26. The van der Waals surface area contributed by atoms with Crippen LogP contribution in [-0.2, 0) is 13.1 Å². The maximum Gasteiger partial charge on any atom is 0.315 e. The fourth-order valence-corrected chi connectivity index (χ4v) is 2.80. The Morgan fingerprint density at radius 3 is 2.38 bits per heavy atom. The molecule has 5 nitrogen and oxygen atoms in total. The number of nitrogens with zero attached hydrogens (tertiary/aromatic N) is 2. The zero-order valence-corrected chi connectivity index (χ0v) is 14.8. The van der Waals surface area contributed by atoms with E-state index in [-0.39, 0.29) is 18.4 Å². The summed E-state index contributed by atoms with van der Waals surface area (Å²) in [7, 11) is 0. The van der Waals surface area contributed by atoms with E-state index in [0.29, 0.717) is 12.1 Å². The van der Waals surface area contributed by atoms with Crippen molar-refractivity contribution >= 4 is 6.03 Å². The van der Waals surface area contributed by atoms with E-state index in [1.54, 1.807) is 18.2 Å². The van der Waals surface area contributed by atoms with Crippen LogP contribution >= 0.6 is 0 Å². The van der Waals surface area contributed by atoms with Gasteiger partial charge in [0.25, 0.3) is 0 Å². The third kappa shape index (κ3) is 3.91. The van der Waals surface area contributed by atoms with Crippen molar-refractivity contribution in [1.82, 2.24) is 20.4 Å². The average molecular weight is 352 g/mol. The van der Waals surface area contributed by atoms with Crippen LogP contribution in [-0.4, -0.2) is 15.8 Å². The summed E-state index contributed by atoms with van der Waals surface area (Å²) in [6.45, 7) is 4.38. The minimum atomic E-state index is -0.348. The SMILES string of the molecule is Cc1nn(-c2ccccc2)c(C)c1CNC(=O)NCc1ccccc1F. The number of carbonyl (C=O) groups is 1. The van der Waals surface area contributed by atoms with Gasteiger partial charge in [0.05, 0.1) is 11.4 Å². The molecule has 0 aliphatic heterocycles. The highest BCUT2D eigenvalue weighted by molar-refractivity contribution is 5.73. The Kier molecular flexibility index (Phi) is 5.31. The molecule has 1 heterocycles. The maximum atomic E-state index is 13.6. The number of amides is 2. The Morgan fingerprint density at radius 1 is 1.00 bits per heavy atom. The van der Waals surface area contributed by atoms with Gasteiger partial charge in [-0.15, -0.1) is 0 Å². The number of urea groups is 1. The summed E-state index contributed by atoms with van der Waals surface area (Å²) < 4.78 is 15.4. The van der Waals surface area contributed by atoms with Crippen LogP contribution < -0.4 is 10.6 Å². The fraction of sp³-hybridized carbons (Fsp3) is 0.200. The molecule has 6 heteroatoms. The molecule has 0 radical (unpaired) electrons. The molecule has 3 aromatic rings. The number of halogens is 1. The highest BCUT2D eigenvalue weighted by Gasteiger charge is 2.13. The molecular weight excluding hydrogens is 331 g/mol. The highest BCUT2D eigenvalue weighted by atomic mass is 19.1. The van der Waals surface area contributed by atoms with Crippen molar-refractivity contribution in [3.8, 4) is 5.69 Å². The number of hydrogen-bond acceptors (Lipinski definition) is 2. The first kappa shape index (κ1) is 17.7. The summed E-state index contributed by atoms with van der Waals surface area (Å²) in [6, 6.07) is 15.9. The van der Waals surface area contributed by atoms with E-state index >= 15 is 0 Å². The number of aromatic nitrogens is 2. The molecule has 0 atom stereocenters. The standard InChI is InChI=1S/C20H21FN4O/c1-14-18(15(2)25(24-14)17-9-4-3-5-10-17)13-23-20(26)22-12-16-8-6-7-11-19(16)21/h3-11H,12-13H2,1-2H3,(H2,22,23,26). The number of benzene rings is 2. The number of para-hydroxylation sites is 1. The van der Waals surface area contributed by atoms with E-state index in [0.717, 1.165) is 22.6 Å². The quantitative estimate of drug-likeness (QED) is 0.737. The molecule has 0 saturated heterocycles. The summed E-state index contributed by atoms with van der Waals surface area (Å²) in [6.07, 6.45) is 0. The van der Waals surface area contributed by atoms with E-state index in [4.69, 9.17) is 0 Å². The molecule has 0 aliphatic carbocycles. The van der Waals surface area contributed by atoms with Crippen LogP contribution in [0.15, 0.2) is 54.6 Å². The van der Waals surface area contributed by atoms with Gasteiger partial charge in [0.2, 0.25) is 0 Å². The maximum absolute atomic E-state index is 13.6. The van der Waals surface area contributed by atoms with Gasteiger partial charge in [-0.05, 0) is 32.0 Å². The highest BCUT2D eigenvalue weighted by Crippen LogP contribution is 2.17. The molecule has 0 bridgehead atoms. The first-order chi connectivity index (χ1) is 12.6. The van der Waals surface area contributed by atoms with Crippen LogP contribution in [0.1, 0.15) is 22.5 Å². The first-order valence-corrected chi connectivity index (χ1v) is 8.42. The van der Waals surface area contributed by atoms with E-state index in [9.17, 15) is 9.18 Å². The van der Waals surface area contributed by atoms with Crippen molar-refractivity contribution in [2.24, 2.45) is 0 Å². The first-order valence-electron chi connectivity index (χ1n) is 8.42. The van der Waals surface area contributed by atoms with Crippen LogP contribution in [0, 0.1) is 19.7 Å². The second kappa shape index (κ2) is 7.82. The number of aryl methyl sites for hydroxylation is 1. The smallest absolute Gasteiger partial charge is 0.315 e. The van der Waals surface area contributed by atoms with Crippen LogP contribution in [0.3, 0.4) is 0 Å². The molecule has 26 heavy (non-hydrogen) atoms. The van der Waals surface area contributed by atoms with Gasteiger partial charge in [0.15, 0.2) is 0 Å². The van der Waals surface area contributed by atoms with Crippen molar-refractivity contribution in [3.05, 3.63) is 82.9 Å². The molecule has 0 spiro atoms. The fourth-order valence-electron chi connectivity index (χ4n) is 2.80. The van der Waals surface area contributed by atoms with E-state index in [1.807, 2.05) is 48.9 Å². The second-order valence-corrected chi connectivity index (χ2v) is 6.02. The Balaban J connectivity index is 1.62. The molecule has 2 N–H and O–H groups in total. The minimum absolute atomic E-state index is 0.139. The lowest BCUT2D eigenvalue weighted by Gasteiger charge is -2.09. The lowest BCUT2D eigenvalue weighted by atomic mass is 10.2. The van der Waals surface area contributed by atoms with E-state index in [2.05, 4.69) is 15.7 Å². The topological polar surface area (TPSA) is 59.0 Å². The van der Waals surface area contributed by atoms with Crippen molar-refractivity contribution in [2.45, 2.75) is 26.9 Å². The molecular formula is C20H21FN4O. The van der Waals surface area contributed by atoms with E-state index < -0.39 is 0 Å². The Hall–Kier alpha value is -3.15. The minimum Gasteiger partial charge on any atom is -0.334 e. The van der Waals surface area contributed by atoms with Crippen LogP contribution in [0.4, 0.5) is 9.18 Å². The normalized spacial score (nSPS) is 10.6. The Morgan fingerprint density at radius 2 is 1.65 bits per heavy atom. The Labute approximate surface area is 151 Å². The van der Waals surface area contributed by atoms with Crippen molar-refractivity contribution < 1.29 is 9.18 Å². The van der Waals surface area contributed by atoms with Crippen molar-refractivity contribution in [1.29, 1.82) is 0 Å². The van der Waals surface area contributed by atoms with Gasteiger partial charge >= 0.3 is 6.03 Å². The van der Waals surface area contributed by atoms with Gasteiger partial charge in [-0.2, -0.15) is 5.10 Å². The second-order valence-electron chi connectivity index (χ2n) is 6.02. The molecule has 1 aromatic heterocycles. The Bertz CT molecular complexity index is 905. The predicted molar refractivity (Wildman–Crippen MR) is 98.5 cm³/mol. The predicted octanol–water partition coefficient (Wildman–Crippen LogP) is 3.63. The summed E-state index contributed by atoms with van der Waals surface area (Å²) in [4.78, 5) is 12.0. The van der Waals surface area contributed by atoms with Gasteiger partial charge in [-0.3, -0.25) is 0 Å². The number of hydrogen-bond donors (Lipinski definition) is 2. The number of carbonyl (C=O) groups excluding carboxylic acids is 1. The molecule has 2 aromatic carbocycles. The average Bonchev–Trinajstić information content (AvgIpc) is 2.94. The summed E-state index contributed by atoms with van der Waals surface area (Å²) in [5, 5.41) is 10.0. The summed E-state index contributed by atoms with van der Waals surface area (Å²) >= 11 is 0. The molecule has 2 amide bonds. The molecule has 134 valence electrons. The molecule has 0 unspecified atom stereocenters. The molecule has 0 saturated carbocycles.